The normalized spacial score (nSPS) is 16.1. The number of para-hydroxylation sites is 1. The van der Waals surface area contributed by atoms with Crippen molar-refractivity contribution in [2.75, 3.05) is 43.1 Å². The largest absolute Gasteiger partial charge is 0.361 e. The summed E-state index contributed by atoms with van der Waals surface area (Å²) in [5, 5.41) is 5.89. The van der Waals surface area contributed by atoms with Crippen LogP contribution in [0.25, 0.3) is 27.5 Å². The summed E-state index contributed by atoms with van der Waals surface area (Å²) in [6.45, 7) is 16.1. The molecule has 4 heterocycles. The molecule has 238 valence electrons. The molecule has 12 heteroatoms. The summed E-state index contributed by atoms with van der Waals surface area (Å²) in [4.78, 5) is 11.9. The fraction of sp³-hybridized carbons (Fsp3) is 0.531. The average molecular weight is 654 g/mol. The minimum Gasteiger partial charge on any atom is -0.361 e. The highest BCUT2D eigenvalue weighted by Crippen LogP contribution is 2.34. The van der Waals surface area contributed by atoms with Crippen LogP contribution < -0.4 is 4.90 Å². The van der Waals surface area contributed by atoms with Crippen molar-refractivity contribution in [2.45, 2.75) is 70.1 Å². The first-order valence-corrected chi connectivity index (χ1v) is 24.9. The number of hydrogen-bond donors (Lipinski definition) is 0. The van der Waals surface area contributed by atoms with E-state index in [1.807, 2.05) is 40.0 Å². The first-order chi connectivity index (χ1) is 20.8. The Balaban J connectivity index is 1.54. The average Bonchev–Trinajstić information content (AvgIpc) is 3.39. The summed E-state index contributed by atoms with van der Waals surface area (Å²) in [5.74, 6) is 1.06. The number of rotatable bonds is 13. The van der Waals surface area contributed by atoms with Gasteiger partial charge in [-0.15, -0.1) is 0 Å². The second kappa shape index (κ2) is 13.4. The van der Waals surface area contributed by atoms with Gasteiger partial charge >= 0.3 is 0 Å². The Kier molecular flexibility index (Phi) is 9.95. The Labute approximate surface area is 263 Å². The number of sulfone groups is 1. The predicted octanol–water partition coefficient (Wildman–Crippen LogP) is 6.67. The number of fused-ring (bicyclic) bond motifs is 2. The molecular weight excluding hydrogens is 607 g/mol. The lowest BCUT2D eigenvalue weighted by Crippen LogP contribution is -2.34. The molecule has 0 atom stereocenters. The van der Waals surface area contributed by atoms with Crippen LogP contribution >= 0.6 is 0 Å². The molecule has 0 unspecified atom stereocenters. The lowest BCUT2D eigenvalue weighted by Gasteiger charge is -2.27. The van der Waals surface area contributed by atoms with Crippen LogP contribution in [0.4, 0.5) is 5.95 Å². The zero-order valence-electron chi connectivity index (χ0n) is 27.0. The molecule has 4 aromatic rings. The van der Waals surface area contributed by atoms with Gasteiger partial charge in [0.05, 0.1) is 28.7 Å². The minimum absolute atomic E-state index is 0.0437. The van der Waals surface area contributed by atoms with Crippen LogP contribution in [0.3, 0.4) is 0 Å². The predicted molar refractivity (Wildman–Crippen MR) is 185 cm³/mol. The summed E-state index contributed by atoms with van der Waals surface area (Å²) < 4.78 is 38.9. The molecule has 0 aliphatic carbocycles. The summed E-state index contributed by atoms with van der Waals surface area (Å²) >= 11 is 0. The van der Waals surface area contributed by atoms with Crippen molar-refractivity contribution < 1.29 is 17.9 Å². The van der Waals surface area contributed by atoms with E-state index in [2.05, 4.69) is 57.5 Å². The molecule has 0 amide bonds. The van der Waals surface area contributed by atoms with Crippen LogP contribution in [0.15, 0.2) is 48.8 Å². The third kappa shape index (κ3) is 8.54. The van der Waals surface area contributed by atoms with E-state index in [9.17, 15) is 8.42 Å². The van der Waals surface area contributed by atoms with Gasteiger partial charge in [0, 0.05) is 63.7 Å². The van der Waals surface area contributed by atoms with E-state index in [4.69, 9.17) is 24.5 Å². The van der Waals surface area contributed by atoms with Crippen LogP contribution in [0.2, 0.25) is 51.4 Å². The van der Waals surface area contributed by atoms with E-state index >= 15 is 0 Å². The molecule has 1 fully saturated rings. The van der Waals surface area contributed by atoms with Crippen molar-refractivity contribution in [1.82, 2.24) is 19.6 Å². The van der Waals surface area contributed by atoms with Gasteiger partial charge in [-0.2, -0.15) is 9.61 Å². The molecular formula is C32H47N5O4SSi2. The minimum atomic E-state index is -3.01. The van der Waals surface area contributed by atoms with E-state index in [0.29, 0.717) is 45.5 Å². The third-order valence-electron chi connectivity index (χ3n) is 8.15. The fourth-order valence-electron chi connectivity index (χ4n) is 5.29. The molecule has 5 rings (SSSR count). The molecule has 1 aromatic carbocycles. The molecule has 0 saturated carbocycles. The Morgan fingerprint density at radius 1 is 0.909 bits per heavy atom. The Morgan fingerprint density at radius 3 is 2.18 bits per heavy atom. The van der Waals surface area contributed by atoms with Gasteiger partial charge < -0.3 is 9.47 Å². The number of hydrogen-bond acceptors (Lipinski definition) is 8. The van der Waals surface area contributed by atoms with Gasteiger partial charge in [0.25, 0.3) is 0 Å². The highest BCUT2D eigenvalue weighted by Gasteiger charge is 2.28. The lowest BCUT2D eigenvalue weighted by molar-refractivity contribution is 0.0934. The van der Waals surface area contributed by atoms with Gasteiger partial charge in [-0.1, -0.05) is 57.5 Å². The number of aromatic nitrogens is 4. The van der Waals surface area contributed by atoms with Crippen LogP contribution in [0, 0.1) is 0 Å². The SMILES string of the molecule is C[Si](C)(C)CCOCN(COCC[Si](C)(C)C)c1nc(C2CCS(=O)(=O)CC2)cc2c(-c3cnc4ccccc4c3)cnn12. The summed E-state index contributed by atoms with van der Waals surface area (Å²) in [7, 11) is -5.53. The highest BCUT2D eigenvalue weighted by molar-refractivity contribution is 7.91. The molecule has 0 spiro atoms. The molecule has 3 aromatic heterocycles. The Bertz CT molecular complexity index is 1660. The van der Waals surface area contributed by atoms with Crippen molar-refractivity contribution in [1.29, 1.82) is 0 Å². The van der Waals surface area contributed by atoms with Crippen molar-refractivity contribution in [3.05, 3.63) is 54.5 Å². The van der Waals surface area contributed by atoms with Gasteiger partial charge in [0.1, 0.15) is 23.3 Å². The second-order valence-corrected chi connectivity index (χ2v) is 28.0. The Morgan fingerprint density at radius 2 is 1.55 bits per heavy atom. The molecule has 1 aliphatic rings. The van der Waals surface area contributed by atoms with Crippen molar-refractivity contribution in [3.8, 4) is 11.1 Å². The van der Waals surface area contributed by atoms with Crippen molar-refractivity contribution in [2.24, 2.45) is 0 Å². The maximum atomic E-state index is 12.3. The monoisotopic (exact) mass is 653 g/mol. The van der Waals surface area contributed by atoms with E-state index < -0.39 is 26.0 Å². The smallest absolute Gasteiger partial charge is 0.231 e. The number of benzene rings is 1. The first-order valence-electron chi connectivity index (χ1n) is 15.6. The first kappa shape index (κ1) is 32.7. The third-order valence-corrected chi connectivity index (χ3v) is 13.3. The maximum Gasteiger partial charge on any atom is 0.231 e. The molecule has 44 heavy (non-hydrogen) atoms. The van der Waals surface area contributed by atoms with Crippen LogP contribution in [-0.4, -0.2) is 82.3 Å². The molecule has 0 bridgehead atoms. The standard InChI is InChI=1S/C32H47N5O4SSi2/c1-43(2,3)17-13-40-23-36(24-41-14-18-44(4,5)6)32-35-30(25-11-15-42(38,39)16-12-25)20-31-28(22-34-37(31)32)27-19-26-9-7-8-10-29(26)33-21-27/h7-10,19-22,25H,11-18,23-24H2,1-6H3. The maximum absolute atomic E-state index is 12.3. The highest BCUT2D eigenvalue weighted by atomic mass is 32.2. The molecule has 9 nitrogen and oxygen atoms in total. The number of ether oxygens (including phenoxy) is 2. The van der Waals surface area contributed by atoms with Gasteiger partial charge in [-0.25, -0.2) is 13.4 Å². The molecule has 1 aliphatic heterocycles. The van der Waals surface area contributed by atoms with Crippen molar-refractivity contribution >= 4 is 48.4 Å². The summed E-state index contributed by atoms with van der Waals surface area (Å²) in [5.41, 5.74) is 4.65. The number of anilines is 1. The summed E-state index contributed by atoms with van der Waals surface area (Å²) in [6.07, 6.45) is 4.89. The van der Waals surface area contributed by atoms with Crippen molar-refractivity contribution in [3.63, 3.8) is 0 Å². The zero-order chi connectivity index (χ0) is 31.5. The summed E-state index contributed by atoms with van der Waals surface area (Å²) in [6, 6.07) is 14.4. The Hall–Kier alpha value is -2.65. The van der Waals surface area contributed by atoms with Crippen LogP contribution in [-0.2, 0) is 19.3 Å². The fourth-order valence-corrected chi connectivity index (χ4v) is 8.30. The lowest BCUT2D eigenvalue weighted by atomic mass is 9.97. The topological polar surface area (TPSA) is 98.9 Å². The van der Waals surface area contributed by atoms with Crippen LogP contribution in [0.5, 0.6) is 0 Å². The van der Waals surface area contributed by atoms with Gasteiger partial charge in [-0.3, -0.25) is 9.88 Å². The quantitative estimate of drug-likeness (QED) is 0.0897. The van der Waals surface area contributed by atoms with Crippen LogP contribution in [0.1, 0.15) is 24.5 Å². The molecule has 0 radical (unpaired) electrons. The van der Waals surface area contributed by atoms with E-state index in [1.54, 1.807) is 0 Å². The van der Waals surface area contributed by atoms with E-state index in [1.165, 1.54) is 0 Å². The van der Waals surface area contributed by atoms with Gasteiger partial charge in [-0.05, 0) is 43.1 Å². The van der Waals surface area contributed by atoms with E-state index in [0.717, 1.165) is 45.3 Å². The number of pyridine rings is 1. The molecule has 0 N–H and O–H groups in total. The molecule has 1 saturated heterocycles. The van der Waals surface area contributed by atoms with Gasteiger partial charge in [0.15, 0.2) is 0 Å². The number of nitrogens with zero attached hydrogens (tertiary/aromatic N) is 5. The van der Waals surface area contributed by atoms with E-state index in [-0.39, 0.29) is 17.4 Å². The second-order valence-electron chi connectivity index (χ2n) is 14.4. The van der Waals surface area contributed by atoms with Gasteiger partial charge in [0.2, 0.25) is 5.95 Å². The zero-order valence-corrected chi connectivity index (χ0v) is 29.9.